The van der Waals surface area contributed by atoms with Crippen LogP contribution < -0.4 is 4.74 Å². The molecule has 0 saturated heterocycles. The monoisotopic (exact) mass is 231 g/mol. The highest BCUT2D eigenvalue weighted by Crippen LogP contribution is 2.42. The average Bonchev–Trinajstić information content (AvgIpc) is 2.60. The SMILES string of the molecule is CN1Cc2cc(C(C)(C)C)cc3c2C(CO3)C1. The maximum atomic E-state index is 5.88. The van der Waals surface area contributed by atoms with Crippen molar-refractivity contribution in [2.75, 3.05) is 20.2 Å². The molecule has 1 atom stereocenters. The van der Waals surface area contributed by atoms with Crippen LogP contribution in [0.2, 0.25) is 0 Å². The number of ether oxygens (including phenoxy) is 1. The van der Waals surface area contributed by atoms with Gasteiger partial charge in [-0.1, -0.05) is 26.8 Å². The van der Waals surface area contributed by atoms with Crippen molar-refractivity contribution < 1.29 is 4.74 Å². The number of benzene rings is 1. The lowest BCUT2D eigenvalue weighted by Gasteiger charge is -2.30. The number of hydrogen-bond acceptors (Lipinski definition) is 2. The van der Waals surface area contributed by atoms with E-state index < -0.39 is 0 Å². The zero-order valence-electron chi connectivity index (χ0n) is 11.2. The molecule has 3 rings (SSSR count). The van der Waals surface area contributed by atoms with Crippen molar-refractivity contribution in [3.63, 3.8) is 0 Å². The summed E-state index contributed by atoms with van der Waals surface area (Å²) in [5.41, 5.74) is 4.55. The minimum Gasteiger partial charge on any atom is -0.493 e. The van der Waals surface area contributed by atoms with E-state index in [0.717, 1.165) is 25.4 Å². The van der Waals surface area contributed by atoms with Crippen molar-refractivity contribution in [3.05, 3.63) is 28.8 Å². The van der Waals surface area contributed by atoms with E-state index in [2.05, 4.69) is 44.9 Å². The predicted molar refractivity (Wildman–Crippen MR) is 69.7 cm³/mol. The highest BCUT2D eigenvalue weighted by molar-refractivity contribution is 5.51. The van der Waals surface area contributed by atoms with Crippen molar-refractivity contribution in [2.45, 2.75) is 38.6 Å². The Labute approximate surface area is 104 Å². The molecule has 0 spiro atoms. The van der Waals surface area contributed by atoms with Gasteiger partial charge >= 0.3 is 0 Å². The summed E-state index contributed by atoms with van der Waals surface area (Å²) >= 11 is 0. The third kappa shape index (κ3) is 1.75. The second-order valence-corrected chi connectivity index (χ2v) is 6.50. The summed E-state index contributed by atoms with van der Waals surface area (Å²) < 4.78 is 5.88. The molecule has 1 aromatic rings. The van der Waals surface area contributed by atoms with Crippen LogP contribution in [0.1, 0.15) is 43.4 Å². The summed E-state index contributed by atoms with van der Waals surface area (Å²) in [5.74, 6) is 1.73. The molecule has 2 heteroatoms. The summed E-state index contributed by atoms with van der Waals surface area (Å²) in [6, 6.07) is 4.64. The molecule has 0 fully saturated rings. The van der Waals surface area contributed by atoms with E-state index in [4.69, 9.17) is 4.74 Å². The Morgan fingerprint density at radius 2 is 2.06 bits per heavy atom. The van der Waals surface area contributed by atoms with Crippen LogP contribution in [-0.2, 0) is 12.0 Å². The van der Waals surface area contributed by atoms with E-state index in [0.29, 0.717) is 5.92 Å². The predicted octanol–water partition coefficient (Wildman–Crippen LogP) is 2.91. The Kier molecular flexibility index (Phi) is 2.27. The van der Waals surface area contributed by atoms with Crippen LogP contribution >= 0.6 is 0 Å². The van der Waals surface area contributed by atoms with Gasteiger partial charge in [-0.25, -0.2) is 0 Å². The van der Waals surface area contributed by atoms with Gasteiger partial charge in [-0.2, -0.15) is 0 Å². The summed E-state index contributed by atoms with van der Waals surface area (Å²) in [5, 5.41) is 0. The fourth-order valence-electron chi connectivity index (χ4n) is 2.98. The Bertz CT molecular complexity index is 459. The van der Waals surface area contributed by atoms with Gasteiger partial charge in [0.1, 0.15) is 5.75 Å². The van der Waals surface area contributed by atoms with E-state index in [1.807, 2.05) is 0 Å². The van der Waals surface area contributed by atoms with Crippen LogP contribution in [0.4, 0.5) is 0 Å². The molecule has 0 amide bonds. The molecule has 0 saturated carbocycles. The first-order valence-electron chi connectivity index (χ1n) is 6.44. The topological polar surface area (TPSA) is 12.5 Å². The molecular weight excluding hydrogens is 210 g/mol. The third-order valence-corrected chi connectivity index (χ3v) is 3.91. The van der Waals surface area contributed by atoms with Gasteiger partial charge in [0.2, 0.25) is 0 Å². The first-order valence-corrected chi connectivity index (χ1v) is 6.44. The Morgan fingerprint density at radius 1 is 1.29 bits per heavy atom. The lowest BCUT2D eigenvalue weighted by Crippen LogP contribution is -2.30. The molecule has 1 aromatic carbocycles. The van der Waals surface area contributed by atoms with E-state index in [1.165, 1.54) is 16.7 Å². The fraction of sp³-hybridized carbons (Fsp3) is 0.600. The molecule has 2 heterocycles. The van der Waals surface area contributed by atoms with Gasteiger partial charge in [-0.15, -0.1) is 0 Å². The summed E-state index contributed by atoms with van der Waals surface area (Å²) in [7, 11) is 2.20. The van der Waals surface area contributed by atoms with E-state index in [-0.39, 0.29) is 5.41 Å². The van der Waals surface area contributed by atoms with Gasteiger partial charge in [0.05, 0.1) is 6.61 Å². The molecule has 0 radical (unpaired) electrons. The largest absolute Gasteiger partial charge is 0.493 e. The highest BCUT2D eigenvalue weighted by atomic mass is 16.5. The fourth-order valence-corrected chi connectivity index (χ4v) is 2.98. The maximum absolute atomic E-state index is 5.88. The van der Waals surface area contributed by atoms with Crippen LogP contribution in [0.25, 0.3) is 0 Å². The van der Waals surface area contributed by atoms with E-state index in [1.54, 1.807) is 0 Å². The molecule has 2 nitrogen and oxygen atoms in total. The molecule has 0 N–H and O–H groups in total. The van der Waals surface area contributed by atoms with Gasteiger partial charge in [-0.05, 0) is 29.7 Å². The summed E-state index contributed by atoms with van der Waals surface area (Å²) in [6.45, 7) is 9.85. The number of likely N-dealkylation sites (N-methyl/N-ethyl adjacent to an activating group) is 1. The van der Waals surface area contributed by atoms with Crippen LogP contribution in [0.5, 0.6) is 5.75 Å². The van der Waals surface area contributed by atoms with Crippen LogP contribution in [-0.4, -0.2) is 25.1 Å². The lowest BCUT2D eigenvalue weighted by molar-refractivity contribution is 0.251. The molecule has 0 bridgehead atoms. The molecule has 0 aliphatic carbocycles. The first-order chi connectivity index (χ1) is 7.95. The van der Waals surface area contributed by atoms with Gasteiger partial charge in [0.15, 0.2) is 0 Å². The molecular formula is C15H21NO. The average molecular weight is 231 g/mol. The first kappa shape index (κ1) is 11.1. The molecule has 1 unspecified atom stereocenters. The Morgan fingerprint density at radius 3 is 2.76 bits per heavy atom. The van der Waals surface area contributed by atoms with E-state index in [9.17, 15) is 0 Å². The Hall–Kier alpha value is -1.02. The minimum absolute atomic E-state index is 0.197. The molecule has 17 heavy (non-hydrogen) atoms. The second kappa shape index (κ2) is 3.49. The van der Waals surface area contributed by atoms with Gasteiger partial charge in [0, 0.05) is 24.6 Å². The van der Waals surface area contributed by atoms with Crippen molar-refractivity contribution in [1.82, 2.24) is 4.90 Å². The number of nitrogens with zero attached hydrogens (tertiary/aromatic N) is 1. The van der Waals surface area contributed by atoms with Gasteiger partial charge in [-0.3, -0.25) is 0 Å². The molecule has 92 valence electrons. The van der Waals surface area contributed by atoms with Gasteiger partial charge in [0.25, 0.3) is 0 Å². The zero-order chi connectivity index (χ0) is 12.2. The molecule has 0 aromatic heterocycles. The normalized spacial score (nSPS) is 23.4. The van der Waals surface area contributed by atoms with Crippen molar-refractivity contribution in [1.29, 1.82) is 0 Å². The standard InChI is InChI=1S/C15H21NO/c1-15(2,3)12-5-10-7-16(4)8-11-9-17-13(6-12)14(10)11/h5-6,11H,7-9H2,1-4H3. The van der Waals surface area contributed by atoms with Crippen molar-refractivity contribution >= 4 is 0 Å². The van der Waals surface area contributed by atoms with Crippen LogP contribution in [0, 0.1) is 0 Å². The third-order valence-electron chi connectivity index (χ3n) is 3.91. The van der Waals surface area contributed by atoms with Crippen molar-refractivity contribution in [3.8, 4) is 5.75 Å². The van der Waals surface area contributed by atoms with Gasteiger partial charge < -0.3 is 9.64 Å². The maximum Gasteiger partial charge on any atom is 0.123 e. The van der Waals surface area contributed by atoms with E-state index >= 15 is 0 Å². The quantitative estimate of drug-likeness (QED) is 0.680. The van der Waals surface area contributed by atoms with Crippen LogP contribution in [0.15, 0.2) is 12.1 Å². The molecule has 2 aliphatic heterocycles. The second-order valence-electron chi connectivity index (χ2n) is 6.50. The summed E-state index contributed by atoms with van der Waals surface area (Å²) in [4.78, 5) is 2.40. The minimum atomic E-state index is 0.197. The highest BCUT2D eigenvalue weighted by Gasteiger charge is 2.33. The number of hydrogen-bond donors (Lipinski definition) is 0. The smallest absolute Gasteiger partial charge is 0.123 e. The van der Waals surface area contributed by atoms with Crippen molar-refractivity contribution in [2.24, 2.45) is 0 Å². The summed E-state index contributed by atoms with van der Waals surface area (Å²) in [6.07, 6.45) is 0. The van der Waals surface area contributed by atoms with Crippen LogP contribution in [0.3, 0.4) is 0 Å². The zero-order valence-corrected chi connectivity index (χ0v) is 11.2. The molecule has 2 aliphatic rings. The number of rotatable bonds is 0. The lowest BCUT2D eigenvalue weighted by atomic mass is 9.82. The Balaban J connectivity index is 2.14.